The maximum absolute atomic E-state index is 5.41. The second kappa shape index (κ2) is 4.58. The van der Waals surface area contributed by atoms with E-state index in [1.807, 2.05) is 24.5 Å². The van der Waals surface area contributed by atoms with Crippen LogP contribution in [0.25, 0.3) is 11.2 Å². The molecule has 0 saturated heterocycles. The number of hydrogen-bond acceptors (Lipinski definition) is 3. The summed E-state index contributed by atoms with van der Waals surface area (Å²) in [5.74, 6) is 0. The maximum atomic E-state index is 5.41. The molecule has 3 heterocycles. The van der Waals surface area contributed by atoms with Crippen molar-refractivity contribution in [2.24, 2.45) is 0 Å². The first-order valence-corrected chi connectivity index (χ1v) is 7.38. The fraction of sp³-hybridized carbons (Fsp3) is 0.286. The minimum absolute atomic E-state index is 0.733. The lowest BCUT2D eigenvalue weighted by Crippen LogP contribution is -1.99. The number of aryl methyl sites for hydroxylation is 3. The first-order valence-electron chi connectivity index (χ1n) is 6.15. The van der Waals surface area contributed by atoms with E-state index in [1.165, 1.54) is 15.3 Å². The lowest BCUT2D eigenvalue weighted by molar-refractivity contribution is 0.812. The molecular formula is C14H15N3S2. The molecule has 3 rings (SSSR count). The Labute approximate surface area is 120 Å². The van der Waals surface area contributed by atoms with Gasteiger partial charge in [0.2, 0.25) is 0 Å². The van der Waals surface area contributed by atoms with Crippen LogP contribution in [0.2, 0.25) is 0 Å². The maximum Gasteiger partial charge on any atom is 0.179 e. The molecule has 0 radical (unpaired) electrons. The van der Waals surface area contributed by atoms with Crippen LogP contribution in [0.15, 0.2) is 18.3 Å². The Morgan fingerprint density at radius 3 is 2.79 bits per heavy atom. The molecule has 0 aliphatic heterocycles. The number of hydrogen-bond donors (Lipinski definition) is 1. The van der Waals surface area contributed by atoms with Gasteiger partial charge in [0.05, 0.1) is 12.1 Å². The lowest BCUT2D eigenvalue weighted by atomic mass is 10.3. The number of thiophene rings is 1. The van der Waals surface area contributed by atoms with E-state index in [2.05, 4.69) is 40.5 Å². The van der Waals surface area contributed by atoms with Crippen LogP contribution in [-0.4, -0.2) is 14.5 Å². The van der Waals surface area contributed by atoms with Gasteiger partial charge in [-0.2, -0.15) is 0 Å². The number of H-pyrrole nitrogens is 1. The van der Waals surface area contributed by atoms with E-state index < -0.39 is 0 Å². The minimum Gasteiger partial charge on any atom is -0.329 e. The topological polar surface area (TPSA) is 33.6 Å². The number of aromatic amines is 1. The summed E-state index contributed by atoms with van der Waals surface area (Å²) in [5.41, 5.74) is 4.42. The summed E-state index contributed by atoms with van der Waals surface area (Å²) in [5, 5.41) is 0. The molecule has 3 aromatic heterocycles. The summed E-state index contributed by atoms with van der Waals surface area (Å²) in [6, 6.07) is 4.31. The first-order chi connectivity index (χ1) is 9.04. The standard InChI is InChI=1S/C14H15N3S2/c1-8-4-12-13(15-6-8)17(14(18)16-12)7-11-5-9(2)10(3)19-11/h4-6H,7H2,1-3H3,(H,16,18). The van der Waals surface area contributed by atoms with Gasteiger partial charge >= 0.3 is 0 Å². The molecule has 3 aromatic rings. The second-order valence-electron chi connectivity index (χ2n) is 4.85. The van der Waals surface area contributed by atoms with Crippen LogP contribution >= 0.6 is 23.6 Å². The summed E-state index contributed by atoms with van der Waals surface area (Å²) < 4.78 is 2.80. The van der Waals surface area contributed by atoms with Gasteiger partial charge in [-0.15, -0.1) is 11.3 Å². The first kappa shape index (κ1) is 12.6. The largest absolute Gasteiger partial charge is 0.329 e. The highest BCUT2D eigenvalue weighted by Gasteiger charge is 2.08. The van der Waals surface area contributed by atoms with Gasteiger partial charge in [0, 0.05) is 16.0 Å². The quantitative estimate of drug-likeness (QED) is 0.720. The number of pyridine rings is 1. The van der Waals surface area contributed by atoms with Crippen LogP contribution in [0.4, 0.5) is 0 Å². The number of nitrogens with one attached hydrogen (secondary N) is 1. The summed E-state index contributed by atoms with van der Waals surface area (Å²) >= 11 is 7.23. The van der Waals surface area contributed by atoms with Crippen molar-refractivity contribution in [3.8, 4) is 0 Å². The van der Waals surface area contributed by atoms with E-state index in [1.54, 1.807) is 0 Å². The van der Waals surface area contributed by atoms with Gasteiger partial charge in [-0.25, -0.2) is 4.98 Å². The van der Waals surface area contributed by atoms with Crippen LogP contribution in [0, 0.1) is 25.5 Å². The number of imidazole rings is 1. The van der Waals surface area contributed by atoms with Crippen LogP contribution in [-0.2, 0) is 6.54 Å². The summed E-state index contributed by atoms with van der Waals surface area (Å²) in [6.45, 7) is 7.12. The highest BCUT2D eigenvalue weighted by Crippen LogP contribution is 2.23. The van der Waals surface area contributed by atoms with Gasteiger partial charge in [-0.1, -0.05) is 0 Å². The lowest BCUT2D eigenvalue weighted by Gasteiger charge is -2.01. The SMILES string of the molecule is Cc1cnc2c(c1)[nH]c(=S)n2Cc1cc(C)c(C)s1. The van der Waals surface area contributed by atoms with Crippen molar-refractivity contribution >= 4 is 34.7 Å². The highest BCUT2D eigenvalue weighted by atomic mass is 32.1. The highest BCUT2D eigenvalue weighted by molar-refractivity contribution is 7.71. The van der Waals surface area contributed by atoms with E-state index in [0.29, 0.717) is 0 Å². The van der Waals surface area contributed by atoms with Gasteiger partial charge in [0.15, 0.2) is 10.4 Å². The predicted octanol–water partition coefficient (Wildman–Crippen LogP) is 4.13. The van der Waals surface area contributed by atoms with Crippen molar-refractivity contribution in [2.75, 3.05) is 0 Å². The molecule has 5 heteroatoms. The van der Waals surface area contributed by atoms with Gasteiger partial charge in [0.25, 0.3) is 0 Å². The van der Waals surface area contributed by atoms with Gasteiger partial charge in [-0.05, 0) is 56.2 Å². The Morgan fingerprint density at radius 2 is 2.11 bits per heavy atom. The zero-order valence-corrected chi connectivity index (χ0v) is 12.8. The van der Waals surface area contributed by atoms with Crippen LogP contribution in [0.1, 0.15) is 20.9 Å². The van der Waals surface area contributed by atoms with Gasteiger partial charge in [-0.3, -0.25) is 4.57 Å². The third-order valence-electron chi connectivity index (χ3n) is 3.28. The number of aromatic nitrogens is 3. The number of fused-ring (bicyclic) bond motifs is 1. The Kier molecular flexibility index (Phi) is 3.03. The molecule has 0 saturated carbocycles. The predicted molar refractivity (Wildman–Crippen MR) is 82.5 cm³/mol. The molecule has 0 bridgehead atoms. The van der Waals surface area contributed by atoms with Crippen molar-refractivity contribution in [3.63, 3.8) is 0 Å². The summed E-state index contributed by atoms with van der Waals surface area (Å²) in [6.07, 6.45) is 1.88. The Bertz CT molecular complexity index is 788. The molecule has 0 unspecified atom stereocenters. The van der Waals surface area contributed by atoms with Crippen molar-refractivity contribution in [1.82, 2.24) is 14.5 Å². The summed E-state index contributed by atoms with van der Waals surface area (Å²) in [7, 11) is 0. The molecule has 0 fully saturated rings. The fourth-order valence-electron chi connectivity index (χ4n) is 2.18. The van der Waals surface area contributed by atoms with Crippen LogP contribution < -0.4 is 0 Å². The molecule has 0 spiro atoms. The van der Waals surface area contributed by atoms with E-state index in [0.717, 1.165) is 28.0 Å². The van der Waals surface area contributed by atoms with Gasteiger partial charge in [0.1, 0.15) is 0 Å². The average molecular weight is 289 g/mol. The van der Waals surface area contributed by atoms with E-state index in [9.17, 15) is 0 Å². The Hall–Kier alpha value is -1.46. The smallest absolute Gasteiger partial charge is 0.179 e. The second-order valence-corrected chi connectivity index (χ2v) is 6.58. The van der Waals surface area contributed by atoms with Crippen molar-refractivity contribution < 1.29 is 0 Å². The third kappa shape index (κ3) is 2.24. The summed E-state index contributed by atoms with van der Waals surface area (Å²) in [4.78, 5) is 10.4. The molecule has 0 atom stereocenters. The molecule has 98 valence electrons. The fourth-order valence-corrected chi connectivity index (χ4v) is 3.48. The van der Waals surface area contributed by atoms with E-state index in [-0.39, 0.29) is 0 Å². The third-order valence-corrected chi connectivity index (χ3v) is 4.74. The molecule has 3 nitrogen and oxygen atoms in total. The molecule has 0 amide bonds. The van der Waals surface area contributed by atoms with Crippen molar-refractivity contribution in [1.29, 1.82) is 0 Å². The molecule has 0 aliphatic rings. The normalized spacial score (nSPS) is 11.3. The molecule has 1 N–H and O–H groups in total. The number of rotatable bonds is 2. The Morgan fingerprint density at radius 1 is 1.32 bits per heavy atom. The van der Waals surface area contributed by atoms with Crippen LogP contribution in [0.5, 0.6) is 0 Å². The monoisotopic (exact) mass is 289 g/mol. The number of nitrogens with zero attached hydrogens (tertiary/aromatic N) is 2. The average Bonchev–Trinajstić information content (AvgIpc) is 2.81. The van der Waals surface area contributed by atoms with Crippen molar-refractivity contribution in [2.45, 2.75) is 27.3 Å². The molecule has 19 heavy (non-hydrogen) atoms. The Balaban J connectivity index is 2.10. The molecule has 0 aliphatic carbocycles. The zero-order valence-electron chi connectivity index (χ0n) is 11.2. The van der Waals surface area contributed by atoms with Gasteiger partial charge < -0.3 is 4.98 Å². The van der Waals surface area contributed by atoms with Crippen molar-refractivity contribution in [3.05, 3.63) is 44.0 Å². The van der Waals surface area contributed by atoms with E-state index >= 15 is 0 Å². The molecule has 0 aromatic carbocycles. The van der Waals surface area contributed by atoms with E-state index in [4.69, 9.17) is 12.2 Å². The van der Waals surface area contributed by atoms with Crippen LogP contribution in [0.3, 0.4) is 0 Å². The molecular weight excluding hydrogens is 274 g/mol. The minimum atomic E-state index is 0.733. The zero-order chi connectivity index (χ0) is 13.6.